The van der Waals surface area contributed by atoms with E-state index in [4.69, 9.17) is 15.2 Å². The Balaban J connectivity index is 1.64. The van der Waals surface area contributed by atoms with Crippen LogP contribution in [0.25, 0.3) is 0 Å². The van der Waals surface area contributed by atoms with Crippen LogP contribution in [0.4, 0.5) is 5.69 Å². The van der Waals surface area contributed by atoms with E-state index in [9.17, 15) is 0 Å². The maximum atomic E-state index is 6.00. The normalized spacial score (nSPS) is 16.6. The maximum Gasteiger partial charge on any atom is 0.123 e. The largest absolute Gasteiger partial charge is 0.497 e. The van der Waals surface area contributed by atoms with Crippen molar-refractivity contribution in [2.75, 3.05) is 18.6 Å². The molecule has 0 fully saturated rings. The Morgan fingerprint density at radius 3 is 2.95 bits per heavy atom. The lowest BCUT2D eigenvalue weighted by atomic mass is 10.1. The number of ether oxygens (including phenoxy) is 2. The highest BCUT2D eigenvalue weighted by atomic mass is 32.2. The Kier molecular flexibility index (Phi) is 3.74. The summed E-state index contributed by atoms with van der Waals surface area (Å²) in [6.07, 6.45) is 1.18. The van der Waals surface area contributed by atoms with Gasteiger partial charge in [0.2, 0.25) is 0 Å². The smallest absolute Gasteiger partial charge is 0.123 e. The first-order valence-electron chi connectivity index (χ1n) is 6.57. The van der Waals surface area contributed by atoms with Crippen molar-refractivity contribution in [3.63, 3.8) is 0 Å². The second-order valence-corrected chi connectivity index (χ2v) is 5.83. The maximum absolute atomic E-state index is 6.00. The quantitative estimate of drug-likeness (QED) is 0.691. The molecule has 4 heteroatoms. The summed E-state index contributed by atoms with van der Waals surface area (Å²) in [6.45, 7) is 0. The Morgan fingerprint density at radius 2 is 2.15 bits per heavy atom. The number of hydrogen-bond donors (Lipinski definition) is 1. The molecule has 20 heavy (non-hydrogen) atoms. The summed E-state index contributed by atoms with van der Waals surface area (Å²) >= 11 is 1.71. The molecule has 0 aromatic heterocycles. The minimum Gasteiger partial charge on any atom is -0.497 e. The van der Waals surface area contributed by atoms with Gasteiger partial charge in [0, 0.05) is 22.8 Å². The summed E-state index contributed by atoms with van der Waals surface area (Å²) in [5, 5.41) is 0. The van der Waals surface area contributed by atoms with Gasteiger partial charge in [-0.2, -0.15) is 0 Å². The van der Waals surface area contributed by atoms with E-state index >= 15 is 0 Å². The number of thioether (sulfide) groups is 1. The summed E-state index contributed by atoms with van der Waals surface area (Å²) in [5.41, 5.74) is 8.07. The molecular formula is C16H17NO2S. The standard InChI is InChI=1S/C16H17NO2S/c1-18-12-6-7-14(17)16(9-12)20-10-13-8-11-4-2-3-5-15(11)19-13/h2-7,9,13H,8,10,17H2,1H3. The highest BCUT2D eigenvalue weighted by molar-refractivity contribution is 7.99. The van der Waals surface area contributed by atoms with E-state index in [1.165, 1.54) is 5.56 Å². The third-order valence-electron chi connectivity index (χ3n) is 3.36. The second kappa shape index (κ2) is 5.67. The van der Waals surface area contributed by atoms with Crippen molar-refractivity contribution in [2.45, 2.75) is 17.4 Å². The van der Waals surface area contributed by atoms with Gasteiger partial charge in [-0.1, -0.05) is 18.2 Å². The molecular weight excluding hydrogens is 270 g/mol. The Bertz CT molecular complexity index is 590. The van der Waals surface area contributed by atoms with Gasteiger partial charge in [-0.15, -0.1) is 11.8 Å². The SMILES string of the molecule is COc1ccc(N)c(SCC2Cc3ccccc3O2)c1. The van der Waals surface area contributed by atoms with Crippen LogP contribution in [0.2, 0.25) is 0 Å². The van der Waals surface area contributed by atoms with Crippen LogP contribution in [-0.2, 0) is 6.42 Å². The number of methoxy groups -OCH3 is 1. The van der Waals surface area contributed by atoms with Crippen LogP contribution in [0.15, 0.2) is 47.4 Å². The van der Waals surface area contributed by atoms with Gasteiger partial charge >= 0.3 is 0 Å². The number of anilines is 1. The first-order chi connectivity index (χ1) is 9.76. The van der Waals surface area contributed by atoms with E-state index in [2.05, 4.69) is 12.1 Å². The van der Waals surface area contributed by atoms with Crippen LogP contribution >= 0.6 is 11.8 Å². The van der Waals surface area contributed by atoms with Crippen molar-refractivity contribution < 1.29 is 9.47 Å². The van der Waals surface area contributed by atoms with Crippen molar-refractivity contribution in [2.24, 2.45) is 0 Å². The van der Waals surface area contributed by atoms with Crippen LogP contribution in [0.3, 0.4) is 0 Å². The number of para-hydroxylation sites is 1. The van der Waals surface area contributed by atoms with Gasteiger partial charge in [0.1, 0.15) is 17.6 Å². The summed E-state index contributed by atoms with van der Waals surface area (Å²) in [6, 6.07) is 13.9. The van der Waals surface area contributed by atoms with Gasteiger partial charge in [0.25, 0.3) is 0 Å². The van der Waals surface area contributed by atoms with Gasteiger partial charge in [0.05, 0.1) is 7.11 Å². The predicted molar refractivity (Wildman–Crippen MR) is 82.7 cm³/mol. The van der Waals surface area contributed by atoms with Crippen molar-refractivity contribution in [3.05, 3.63) is 48.0 Å². The molecule has 0 saturated heterocycles. The van der Waals surface area contributed by atoms with E-state index in [1.54, 1.807) is 18.9 Å². The third-order valence-corrected chi connectivity index (χ3v) is 4.56. The molecule has 1 unspecified atom stereocenters. The fraction of sp³-hybridized carbons (Fsp3) is 0.250. The zero-order chi connectivity index (χ0) is 13.9. The zero-order valence-electron chi connectivity index (χ0n) is 11.3. The van der Waals surface area contributed by atoms with Gasteiger partial charge in [0.15, 0.2) is 0 Å². The van der Waals surface area contributed by atoms with Crippen LogP contribution in [-0.4, -0.2) is 19.0 Å². The second-order valence-electron chi connectivity index (χ2n) is 4.77. The van der Waals surface area contributed by atoms with E-state index in [0.717, 1.165) is 34.3 Å². The topological polar surface area (TPSA) is 44.5 Å². The molecule has 1 heterocycles. The molecule has 3 rings (SSSR count). The number of fused-ring (bicyclic) bond motifs is 1. The fourth-order valence-corrected chi connectivity index (χ4v) is 3.28. The zero-order valence-corrected chi connectivity index (χ0v) is 12.2. The highest BCUT2D eigenvalue weighted by Gasteiger charge is 2.22. The molecule has 0 aliphatic carbocycles. The minimum absolute atomic E-state index is 0.211. The minimum atomic E-state index is 0.211. The molecule has 104 valence electrons. The molecule has 0 spiro atoms. The summed E-state index contributed by atoms with van der Waals surface area (Å²) in [7, 11) is 1.66. The van der Waals surface area contributed by atoms with Crippen molar-refractivity contribution in [3.8, 4) is 11.5 Å². The van der Waals surface area contributed by atoms with E-state index in [1.807, 2.05) is 30.3 Å². The summed E-state index contributed by atoms with van der Waals surface area (Å²) in [4.78, 5) is 1.05. The van der Waals surface area contributed by atoms with E-state index < -0.39 is 0 Å². The van der Waals surface area contributed by atoms with Crippen molar-refractivity contribution in [1.82, 2.24) is 0 Å². The van der Waals surface area contributed by atoms with Gasteiger partial charge in [-0.05, 0) is 29.8 Å². The van der Waals surface area contributed by atoms with Crippen LogP contribution in [0.5, 0.6) is 11.5 Å². The first-order valence-corrected chi connectivity index (χ1v) is 7.55. The van der Waals surface area contributed by atoms with Crippen molar-refractivity contribution in [1.29, 1.82) is 0 Å². The van der Waals surface area contributed by atoms with Crippen LogP contribution in [0.1, 0.15) is 5.56 Å². The molecule has 0 amide bonds. The summed E-state index contributed by atoms with van der Waals surface area (Å²) in [5.74, 6) is 2.72. The molecule has 3 nitrogen and oxygen atoms in total. The Morgan fingerprint density at radius 1 is 1.30 bits per heavy atom. The molecule has 2 aromatic carbocycles. The van der Waals surface area contributed by atoms with Crippen LogP contribution in [0, 0.1) is 0 Å². The average Bonchev–Trinajstić information content (AvgIpc) is 2.89. The van der Waals surface area contributed by atoms with Crippen molar-refractivity contribution >= 4 is 17.4 Å². The van der Waals surface area contributed by atoms with Gasteiger partial charge in [-0.25, -0.2) is 0 Å². The van der Waals surface area contributed by atoms with Crippen LogP contribution < -0.4 is 15.2 Å². The number of benzene rings is 2. The predicted octanol–water partition coefficient (Wildman–Crippen LogP) is 3.37. The molecule has 1 aliphatic rings. The Hall–Kier alpha value is -1.81. The van der Waals surface area contributed by atoms with Gasteiger partial charge in [-0.3, -0.25) is 0 Å². The molecule has 1 aliphatic heterocycles. The Labute approximate surface area is 123 Å². The lowest BCUT2D eigenvalue weighted by molar-refractivity contribution is 0.259. The monoisotopic (exact) mass is 287 g/mol. The molecule has 2 aromatic rings. The molecule has 0 saturated carbocycles. The lowest BCUT2D eigenvalue weighted by Gasteiger charge is -2.12. The van der Waals surface area contributed by atoms with Gasteiger partial charge < -0.3 is 15.2 Å². The average molecular weight is 287 g/mol. The fourth-order valence-electron chi connectivity index (χ4n) is 2.30. The number of nitrogens with two attached hydrogens (primary N) is 1. The highest BCUT2D eigenvalue weighted by Crippen LogP contribution is 2.34. The van der Waals surface area contributed by atoms with E-state index in [0.29, 0.717) is 0 Å². The number of nitrogen functional groups attached to an aromatic ring is 1. The number of hydrogen-bond acceptors (Lipinski definition) is 4. The molecule has 0 bridgehead atoms. The summed E-state index contributed by atoms with van der Waals surface area (Å²) < 4.78 is 11.2. The lowest BCUT2D eigenvalue weighted by Crippen LogP contribution is -2.15. The molecule has 1 atom stereocenters. The molecule has 0 radical (unpaired) electrons. The first kappa shape index (κ1) is 13.2. The van der Waals surface area contributed by atoms with E-state index in [-0.39, 0.29) is 6.10 Å². The number of rotatable bonds is 4. The molecule has 2 N–H and O–H groups in total. The third kappa shape index (κ3) is 2.70.